The van der Waals surface area contributed by atoms with E-state index >= 15 is 0 Å². The van der Waals surface area contributed by atoms with Gasteiger partial charge in [-0.25, -0.2) is 4.79 Å². The third kappa shape index (κ3) is 1.86. The Morgan fingerprint density at radius 3 is 2.76 bits per heavy atom. The highest BCUT2D eigenvalue weighted by Crippen LogP contribution is 2.41. The summed E-state index contributed by atoms with van der Waals surface area (Å²) in [6, 6.07) is 3.48. The minimum absolute atomic E-state index is 0.293. The van der Waals surface area contributed by atoms with E-state index in [0.29, 0.717) is 23.5 Å². The van der Waals surface area contributed by atoms with Crippen LogP contribution in [0, 0.1) is 0 Å². The second kappa shape index (κ2) is 4.49. The molecule has 1 aromatic carbocycles. The van der Waals surface area contributed by atoms with Gasteiger partial charge in [-0.3, -0.25) is 0 Å². The molecule has 0 aliphatic carbocycles. The van der Waals surface area contributed by atoms with Gasteiger partial charge in [0.1, 0.15) is 23.2 Å². The first-order chi connectivity index (χ1) is 8.21. The molecule has 1 heterocycles. The minimum Gasteiger partial charge on any atom is -0.497 e. The van der Waals surface area contributed by atoms with Gasteiger partial charge in [0, 0.05) is 18.1 Å². The Balaban J connectivity index is 2.54. The SMILES string of the molecule is C=CC[C@@H]1OC(=O)c2c(OC)cc(OC)cc21. The van der Waals surface area contributed by atoms with Crippen molar-refractivity contribution < 1.29 is 19.0 Å². The van der Waals surface area contributed by atoms with Crippen molar-refractivity contribution in [2.45, 2.75) is 12.5 Å². The predicted molar refractivity (Wildman–Crippen MR) is 62.5 cm³/mol. The lowest BCUT2D eigenvalue weighted by atomic mass is 10.0. The Morgan fingerprint density at radius 2 is 2.18 bits per heavy atom. The molecule has 0 N–H and O–H groups in total. The van der Waals surface area contributed by atoms with Gasteiger partial charge in [0.05, 0.1) is 14.2 Å². The van der Waals surface area contributed by atoms with Crippen molar-refractivity contribution in [1.82, 2.24) is 0 Å². The lowest BCUT2D eigenvalue weighted by Gasteiger charge is -2.10. The van der Waals surface area contributed by atoms with Crippen molar-refractivity contribution in [3.63, 3.8) is 0 Å². The van der Waals surface area contributed by atoms with Crippen molar-refractivity contribution in [1.29, 1.82) is 0 Å². The van der Waals surface area contributed by atoms with Crippen LogP contribution in [0.1, 0.15) is 28.4 Å². The molecule has 0 saturated carbocycles. The summed E-state index contributed by atoms with van der Waals surface area (Å²) >= 11 is 0. The van der Waals surface area contributed by atoms with E-state index in [1.807, 2.05) is 0 Å². The van der Waals surface area contributed by atoms with E-state index in [1.165, 1.54) is 7.11 Å². The number of carbonyl (C=O) groups is 1. The van der Waals surface area contributed by atoms with Gasteiger partial charge in [0.15, 0.2) is 0 Å². The van der Waals surface area contributed by atoms with Gasteiger partial charge in [-0.1, -0.05) is 6.08 Å². The topological polar surface area (TPSA) is 44.8 Å². The molecule has 0 saturated heterocycles. The maximum Gasteiger partial charge on any atom is 0.342 e. The van der Waals surface area contributed by atoms with Crippen molar-refractivity contribution >= 4 is 5.97 Å². The summed E-state index contributed by atoms with van der Waals surface area (Å²) in [5.74, 6) is 0.773. The van der Waals surface area contributed by atoms with Crippen molar-refractivity contribution in [2.75, 3.05) is 14.2 Å². The quantitative estimate of drug-likeness (QED) is 0.593. The standard InChI is InChI=1S/C13H14O4/c1-4-5-10-9-6-8(15-2)7-11(16-3)12(9)13(14)17-10/h4,6-7,10H,1,5H2,2-3H3/t10-/m0/s1. The maximum absolute atomic E-state index is 11.8. The van der Waals surface area contributed by atoms with Crippen LogP contribution < -0.4 is 9.47 Å². The Hall–Kier alpha value is -1.97. The molecule has 1 atom stereocenters. The molecule has 1 aromatic rings. The molecule has 0 radical (unpaired) electrons. The summed E-state index contributed by atoms with van der Waals surface area (Å²) < 4.78 is 15.6. The van der Waals surface area contributed by atoms with Crippen molar-refractivity contribution in [3.05, 3.63) is 35.9 Å². The summed E-state index contributed by atoms with van der Waals surface area (Å²) in [6.45, 7) is 3.65. The van der Waals surface area contributed by atoms with Crippen molar-refractivity contribution in [2.24, 2.45) is 0 Å². The van der Waals surface area contributed by atoms with Crippen LogP contribution >= 0.6 is 0 Å². The molecule has 1 aliphatic rings. The van der Waals surface area contributed by atoms with E-state index in [0.717, 1.165) is 5.56 Å². The van der Waals surface area contributed by atoms with Crippen LogP contribution in [0.5, 0.6) is 11.5 Å². The second-order valence-corrected chi connectivity index (χ2v) is 3.71. The van der Waals surface area contributed by atoms with E-state index in [4.69, 9.17) is 14.2 Å². The highest BCUT2D eigenvalue weighted by atomic mass is 16.6. The van der Waals surface area contributed by atoms with Crippen LogP contribution in [0.25, 0.3) is 0 Å². The summed E-state index contributed by atoms with van der Waals surface area (Å²) in [5, 5.41) is 0. The minimum atomic E-state index is -0.355. The van der Waals surface area contributed by atoms with E-state index in [2.05, 4.69) is 6.58 Å². The number of methoxy groups -OCH3 is 2. The number of ether oxygens (including phenoxy) is 3. The molecule has 4 nitrogen and oxygen atoms in total. The summed E-state index contributed by atoms with van der Waals surface area (Å²) in [5.41, 5.74) is 1.28. The van der Waals surface area contributed by atoms with Crippen LogP contribution in [-0.4, -0.2) is 20.2 Å². The summed E-state index contributed by atoms with van der Waals surface area (Å²) in [6.07, 6.45) is 2.01. The van der Waals surface area contributed by atoms with Gasteiger partial charge in [-0.2, -0.15) is 0 Å². The van der Waals surface area contributed by atoms with Crippen LogP contribution in [-0.2, 0) is 4.74 Å². The average molecular weight is 234 g/mol. The van der Waals surface area contributed by atoms with Crippen LogP contribution in [0.3, 0.4) is 0 Å². The Labute approximate surface area is 99.8 Å². The molecule has 0 fully saturated rings. The number of cyclic esters (lactones) is 1. The summed E-state index contributed by atoms with van der Waals surface area (Å²) in [4.78, 5) is 11.8. The molecule has 4 heteroatoms. The van der Waals surface area contributed by atoms with Gasteiger partial charge in [-0.05, 0) is 6.07 Å². The fourth-order valence-corrected chi connectivity index (χ4v) is 1.94. The number of benzene rings is 1. The van der Waals surface area contributed by atoms with Gasteiger partial charge < -0.3 is 14.2 Å². The fraction of sp³-hybridized carbons (Fsp3) is 0.308. The normalized spacial score (nSPS) is 17.3. The Morgan fingerprint density at radius 1 is 1.41 bits per heavy atom. The zero-order chi connectivity index (χ0) is 12.4. The number of rotatable bonds is 4. The molecule has 2 rings (SSSR count). The first-order valence-electron chi connectivity index (χ1n) is 5.29. The van der Waals surface area contributed by atoms with Gasteiger partial charge >= 0.3 is 5.97 Å². The van der Waals surface area contributed by atoms with E-state index in [-0.39, 0.29) is 12.1 Å². The van der Waals surface area contributed by atoms with E-state index in [1.54, 1.807) is 25.3 Å². The first kappa shape index (κ1) is 11.5. The second-order valence-electron chi connectivity index (χ2n) is 3.71. The molecule has 90 valence electrons. The molecular formula is C13H14O4. The molecular weight excluding hydrogens is 220 g/mol. The zero-order valence-electron chi connectivity index (χ0n) is 9.86. The molecule has 17 heavy (non-hydrogen) atoms. The van der Waals surface area contributed by atoms with E-state index < -0.39 is 0 Å². The number of fused-ring (bicyclic) bond motifs is 1. The predicted octanol–water partition coefficient (Wildman–Crippen LogP) is 2.49. The first-order valence-corrected chi connectivity index (χ1v) is 5.29. The molecule has 0 spiro atoms. The molecule has 0 unspecified atom stereocenters. The number of carbonyl (C=O) groups excluding carboxylic acids is 1. The average Bonchev–Trinajstić information content (AvgIpc) is 2.66. The lowest BCUT2D eigenvalue weighted by Crippen LogP contribution is -1.99. The van der Waals surface area contributed by atoms with Crippen LogP contribution in [0.2, 0.25) is 0 Å². The Kier molecular flexibility index (Phi) is 3.04. The molecule has 0 bridgehead atoms. The molecule has 0 aromatic heterocycles. The third-order valence-corrected chi connectivity index (χ3v) is 2.74. The highest BCUT2D eigenvalue weighted by Gasteiger charge is 2.34. The van der Waals surface area contributed by atoms with Crippen LogP contribution in [0.4, 0.5) is 0 Å². The number of hydrogen-bond acceptors (Lipinski definition) is 4. The smallest absolute Gasteiger partial charge is 0.342 e. The fourth-order valence-electron chi connectivity index (χ4n) is 1.94. The molecule has 1 aliphatic heterocycles. The van der Waals surface area contributed by atoms with Gasteiger partial charge in [-0.15, -0.1) is 6.58 Å². The number of hydrogen-bond donors (Lipinski definition) is 0. The summed E-state index contributed by atoms with van der Waals surface area (Å²) in [7, 11) is 3.09. The Bertz CT molecular complexity index is 465. The zero-order valence-corrected chi connectivity index (χ0v) is 9.86. The van der Waals surface area contributed by atoms with Gasteiger partial charge in [0.25, 0.3) is 0 Å². The highest BCUT2D eigenvalue weighted by molar-refractivity contribution is 5.97. The van der Waals surface area contributed by atoms with Crippen LogP contribution in [0.15, 0.2) is 24.8 Å². The van der Waals surface area contributed by atoms with Gasteiger partial charge in [0.2, 0.25) is 0 Å². The largest absolute Gasteiger partial charge is 0.497 e. The van der Waals surface area contributed by atoms with E-state index in [9.17, 15) is 4.79 Å². The number of esters is 1. The monoisotopic (exact) mass is 234 g/mol. The lowest BCUT2D eigenvalue weighted by molar-refractivity contribution is 0.0390. The maximum atomic E-state index is 11.8. The molecule has 0 amide bonds. The third-order valence-electron chi connectivity index (χ3n) is 2.74. The van der Waals surface area contributed by atoms with Crippen molar-refractivity contribution in [3.8, 4) is 11.5 Å².